The first-order valence-electron chi connectivity index (χ1n) is 10.5. The monoisotopic (exact) mass is 430 g/mol. The minimum absolute atomic E-state index is 0.00203. The molecule has 1 aromatic carbocycles. The van der Waals surface area contributed by atoms with E-state index in [-0.39, 0.29) is 24.5 Å². The molecular formula is C23H26O8. The van der Waals surface area contributed by atoms with Crippen LogP contribution in [0.15, 0.2) is 36.4 Å². The van der Waals surface area contributed by atoms with Crippen molar-refractivity contribution in [1.82, 2.24) is 0 Å². The zero-order chi connectivity index (χ0) is 21.8. The van der Waals surface area contributed by atoms with Crippen LogP contribution in [0, 0.1) is 11.8 Å². The Kier molecular flexibility index (Phi) is 4.93. The van der Waals surface area contributed by atoms with Gasteiger partial charge in [-0.05, 0) is 25.5 Å². The maximum absolute atomic E-state index is 12.5. The molecule has 6 rings (SSSR count). The Hall–Kier alpha value is -2.26. The van der Waals surface area contributed by atoms with Crippen molar-refractivity contribution < 1.29 is 38.0 Å². The van der Waals surface area contributed by atoms with Crippen LogP contribution in [-0.4, -0.2) is 54.7 Å². The van der Waals surface area contributed by atoms with Gasteiger partial charge in [0.2, 0.25) is 6.29 Å². The van der Waals surface area contributed by atoms with E-state index in [0.717, 1.165) is 5.56 Å². The Balaban J connectivity index is 1.38. The van der Waals surface area contributed by atoms with Gasteiger partial charge in [-0.1, -0.05) is 30.3 Å². The van der Waals surface area contributed by atoms with E-state index in [2.05, 4.69) is 0 Å². The summed E-state index contributed by atoms with van der Waals surface area (Å²) in [6, 6.07) is 9.48. The second kappa shape index (κ2) is 7.41. The normalized spacial score (nSPS) is 39.5. The highest BCUT2D eigenvalue weighted by atomic mass is 16.8. The predicted octanol–water partition coefficient (Wildman–Crippen LogP) is 2.41. The van der Waals surface area contributed by atoms with Gasteiger partial charge in [0.05, 0.1) is 12.0 Å². The van der Waals surface area contributed by atoms with E-state index >= 15 is 0 Å². The molecule has 1 saturated carbocycles. The van der Waals surface area contributed by atoms with Crippen molar-refractivity contribution in [2.75, 3.05) is 6.61 Å². The van der Waals surface area contributed by atoms with Gasteiger partial charge in [0.15, 0.2) is 12.1 Å². The van der Waals surface area contributed by atoms with Crippen LogP contribution >= 0.6 is 0 Å². The fourth-order valence-corrected chi connectivity index (χ4v) is 5.36. The molecule has 4 heterocycles. The summed E-state index contributed by atoms with van der Waals surface area (Å²) in [5, 5.41) is 0. The Labute approximate surface area is 180 Å². The summed E-state index contributed by atoms with van der Waals surface area (Å²) in [4.78, 5) is 24.1. The van der Waals surface area contributed by atoms with E-state index in [9.17, 15) is 9.59 Å². The molecular weight excluding hydrogens is 404 g/mol. The summed E-state index contributed by atoms with van der Waals surface area (Å²) >= 11 is 0. The SMILES string of the molecule is CC(=O)O[C@@H]1O[C@@H]2C[C@H]3[C@@H]4OC(C)(C)O[C@@H]4[C@@](COC(=O)/C=C/c4ccccc4)(O2)[C@@H]13. The van der Waals surface area contributed by atoms with Crippen LogP contribution < -0.4 is 0 Å². The van der Waals surface area contributed by atoms with Gasteiger partial charge in [-0.25, -0.2) is 4.79 Å². The van der Waals surface area contributed by atoms with Gasteiger partial charge >= 0.3 is 11.9 Å². The number of rotatable bonds is 5. The van der Waals surface area contributed by atoms with E-state index in [0.29, 0.717) is 6.42 Å². The number of hydrogen-bond donors (Lipinski definition) is 0. The van der Waals surface area contributed by atoms with E-state index < -0.39 is 42.0 Å². The van der Waals surface area contributed by atoms with Crippen molar-refractivity contribution >= 4 is 18.0 Å². The van der Waals surface area contributed by atoms with Gasteiger partial charge < -0.3 is 28.4 Å². The average Bonchev–Trinajstić information content (AvgIpc) is 3.14. The van der Waals surface area contributed by atoms with Crippen molar-refractivity contribution in [3.05, 3.63) is 42.0 Å². The summed E-state index contributed by atoms with van der Waals surface area (Å²) in [7, 11) is 0. The number of benzene rings is 1. The van der Waals surface area contributed by atoms with Crippen LogP contribution in [-0.2, 0) is 38.0 Å². The van der Waals surface area contributed by atoms with Gasteiger partial charge in [0.1, 0.15) is 18.3 Å². The Bertz CT molecular complexity index is 896. The van der Waals surface area contributed by atoms with E-state index in [1.54, 1.807) is 6.08 Å². The minimum atomic E-state index is -1.01. The van der Waals surface area contributed by atoms with Gasteiger partial charge in [0, 0.05) is 25.3 Å². The minimum Gasteiger partial charge on any atom is -0.459 e. The fourth-order valence-electron chi connectivity index (χ4n) is 5.36. The Morgan fingerprint density at radius 1 is 1.16 bits per heavy atom. The zero-order valence-electron chi connectivity index (χ0n) is 17.7. The largest absolute Gasteiger partial charge is 0.459 e. The van der Waals surface area contributed by atoms with E-state index in [1.165, 1.54) is 13.0 Å². The lowest BCUT2D eigenvalue weighted by Crippen LogP contribution is -2.65. The number of carbonyl (C=O) groups is 2. The zero-order valence-corrected chi connectivity index (χ0v) is 17.7. The third-order valence-electron chi connectivity index (χ3n) is 6.39. The molecule has 5 fully saturated rings. The molecule has 0 radical (unpaired) electrons. The van der Waals surface area contributed by atoms with Gasteiger partial charge in [-0.3, -0.25) is 4.79 Å². The second-order valence-electron chi connectivity index (χ2n) is 8.91. The lowest BCUT2D eigenvalue weighted by molar-refractivity contribution is -0.402. The van der Waals surface area contributed by atoms with Crippen molar-refractivity contribution in [3.8, 4) is 0 Å². The molecule has 166 valence electrons. The molecule has 0 N–H and O–H groups in total. The maximum atomic E-state index is 12.5. The number of esters is 2. The van der Waals surface area contributed by atoms with Gasteiger partial charge in [-0.15, -0.1) is 0 Å². The standard InChI is InChI=1S/C23H26O8/c1-13(24)27-21-18-15-11-17(28-21)29-23(18,20-19(15)30-22(2,3)31-20)12-26-16(25)10-9-14-7-5-4-6-8-14/h4-10,15,17-21H,11-12H2,1-3H3/b10-9+/t15-,17+,18-,19+,20+,21-,23+/m1/s1. The molecule has 31 heavy (non-hydrogen) atoms. The topological polar surface area (TPSA) is 89.5 Å². The highest BCUT2D eigenvalue weighted by Crippen LogP contribution is 2.61. The molecule has 8 heteroatoms. The number of fused-ring (bicyclic) bond motifs is 2. The molecule has 0 spiro atoms. The smallest absolute Gasteiger partial charge is 0.330 e. The van der Waals surface area contributed by atoms with Crippen molar-refractivity contribution in [2.45, 2.75) is 63.4 Å². The number of hydrogen-bond acceptors (Lipinski definition) is 8. The predicted molar refractivity (Wildman–Crippen MR) is 106 cm³/mol. The lowest BCUT2D eigenvalue weighted by atomic mass is 9.78. The summed E-state index contributed by atoms with van der Waals surface area (Å²) in [6.45, 7) is 4.99. The molecule has 8 nitrogen and oxygen atoms in total. The molecule has 0 amide bonds. The number of ether oxygens (including phenoxy) is 6. The van der Waals surface area contributed by atoms with Gasteiger partial charge in [-0.2, -0.15) is 0 Å². The molecule has 4 aliphatic heterocycles. The van der Waals surface area contributed by atoms with Crippen LogP contribution in [0.5, 0.6) is 0 Å². The Morgan fingerprint density at radius 2 is 1.94 bits per heavy atom. The van der Waals surface area contributed by atoms with Gasteiger partial charge in [0.25, 0.3) is 0 Å². The molecule has 0 aromatic heterocycles. The van der Waals surface area contributed by atoms with E-state index in [4.69, 9.17) is 28.4 Å². The fraction of sp³-hybridized carbons (Fsp3) is 0.565. The lowest BCUT2D eigenvalue weighted by Gasteiger charge is -2.53. The first-order valence-corrected chi connectivity index (χ1v) is 10.5. The second-order valence-corrected chi connectivity index (χ2v) is 8.91. The highest BCUT2D eigenvalue weighted by molar-refractivity contribution is 5.87. The first-order chi connectivity index (χ1) is 14.8. The van der Waals surface area contributed by atoms with Crippen LogP contribution in [0.1, 0.15) is 32.8 Å². The van der Waals surface area contributed by atoms with E-state index in [1.807, 2.05) is 44.2 Å². The maximum Gasteiger partial charge on any atom is 0.330 e. The molecule has 1 aliphatic carbocycles. The van der Waals surface area contributed by atoms with Crippen molar-refractivity contribution in [2.24, 2.45) is 11.8 Å². The molecule has 4 bridgehead atoms. The number of carbonyl (C=O) groups excluding carboxylic acids is 2. The first kappa shape index (κ1) is 20.6. The summed E-state index contributed by atoms with van der Waals surface area (Å²) in [6.07, 6.45) is 1.57. The Morgan fingerprint density at radius 3 is 2.68 bits per heavy atom. The molecule has 4 saturated heterocycles. The molecule has 7 atom stereocenters. The third kappa shape index (κ3) is 3.57. The third-order valence-corrected chi connectivity index (χ3v) is 6.39. The van der Waals surface area contributed by atoms with Crippen LogP contribution in [0.2, 0.25) is 0 Å². The summed E-state index contributed by atoms with van der Waals surface area (Å²) < 4.78 is 35.5. The quantitative estimate of drug-likeness (QED) is 0.520. The summed E-state index contributed by atoms with van der Waals surface area (Å²) in [5.41, 5.74) is -0.121. The average molecular weight is 430 g/mol. The van der Waals surface area contributed by atoms with Crippen LogP contribution in [0.25, 0.3) is 6.08 Å². The summed E-state index contributed by atoms with van der Waals surface area (Å²) in [5.74, 6) is -2.08. The molecule has 5 aliphatic rings. The van der Waals surface area contributed by atoms with Crippen molar-refractivity contribution in [3.63, 3.8) is 0 Å². The molecule has 0 unspecified atom stereocenters. The highest BCUT2D eigenvalue weighted by Gasteiger charge is 2.76. The molecule has 1 aromatic rings. The van der Waals surface area contributed by atoms with Crippen molar-refractivity contribution in [1.29, 1.82) is 0 Å². The van der Waals surface area contributed by atoms with Crippen LogP contribution in [0.4, 0.5) is 0 Å². The van der Waals surface area contributed by atoms with Crippen LogP contribution in [0.3, 0.4) is 0 Å².